The van der Waals surface area contributed by atoms with Crippen molar-refractivity contribution in [3.05, 3.63) is 28.0 Å². The van der Waals surface area contributed by atoms with Gasteiger partial charge in [-0.2, -0.15) is 4.31 Å². The summed E-state index contributed by atoms with van der Waals surface area (Å²) in [5.41, 5.74) is 10.3. The molecule has 2 rings (SSSR count). The van der Waals surface area contributed by atoms with Crippen molar-refractivity contribution in [1.29, 1.82) is 0 Å². The van der Waals surface area contributed by atoms with Crippen LogP contribution in [0.2, 0.25) is 0 Å². The fraction of sp³-hybridized carbons (Fsp3) is 0.364. The molecule has 0 bridgehead atoms. The van der Waals surface area contributed by atoms with E-state index in [4.69, 9.17) is 11.5 Å². The summed E-state index contributed by atoms with van der Waals surface area (Å²) < 4.78 is 39.7. The third-order valence-corrected chi connectivity index (χ3v) is 5.92. The molecule has 1 amide bonds. The van der Waals surface area contributed by atoms with Crippen molar-refractivity contribution in [2.75, 3.05) is 13.1 Å². The van der Waals surface area contributed by atoms with E-state index in [1.165, 1.54) is 4.31 Å². The monoisotopic (exact) mass is 365 g/mol. The van der Waals surface area contributed by atoms with Gasteiger partial charge < -0.3 is 11.5 Å². The van der Waals surface area contributed by atoms with Gasteiger partial charge in [0.1, 0.15) is 5.82 Å². The molecule has 1 heterocycles. The first-order valence-electron chi connectivity index (χ1n) is 5.78. The predicted octanol–water partition coefficient (Wildman–Crippen LogP) is 0.409. The SMILES string of the molecule is NC(=O)c1cc(S(=O)(=O)N2CC[C@@H](N)C2)c(Br)cc1F. The smallest absolute Gasteiger partial charge is 0.251 e. The number of carbonyl (C=O) groups excluding carboxylic acids is 1. The molecule has 1 atom stereocenters. The Balaban J connectivity index is 2.51. The molecule has 0 saturated carbocycles. The Labute approximate surface area is 124 Å². The second-order valence-corrected chi connectivity index (χ2v) is 7.30. The van der Waals surface area contributed by atoms with E-state index in [0.717, 1.165) is 12.1 Å². The van der Waals surface area contributed by atoms with Crippen LogP contribution >= 0.6 is 15.9 Å². The van der Waals surface area contributed by atoms with E-state index in [0.29, 0.717) is 13.0 Å². The molecule has 0 aliphatic carbocycles. The van der Waals surface area contributed by atoms with Gasteiger partial charge in [-0.15, -0.1) is 0 Å². The molecular formula is C11H13BrFN3O3S. The van der Waals surface area contributed by atoms with Gasteiger partial charge in [0.15, 0.2) is 0 Å². The fourth-order valence-electron chi connectivity index (χ4n) is 2.03. The van der Waals surface area contributed by atoms with E-state index in [-0.39, 0.29) is 22.0 Å². The zero-order valence-electron chi connectivity index (χ0n) is 10.3. The highest BCUT2D eigenvalue weighted by Crippen LogP contribution is 2.29. The summed E-state index contributed by atoms with van der Waals surface area (Å²) in [4.78, 5) is 10.9. The fourth-order valence-corrected chi connectivity index (χ4v) is 4.54. The highest BCUT2D eigenvalue weighted by Gasteiger charge is 2.33. The Hall–Kier alpha value is -1.03. The summed E-state index contributed by atoms with van der Waals surface area (Å²) in [6.07, 6.45) is 0.556. The summed E-state index contributed by atoms with van der Waals surface area (Å²) in [6, 6.07) is 1.64. The van der Waals surface area contributed by atoms with Crippen molar-refractivity contribution in [1.82, 2.24) is 4.31 Å². The van der Waals surface area contributed by atoms with E-state index < -0.39 is 27.3 Å². The van der Waals surface area contributed by atoms with Crippen molar-refractivity contribution in [3.63, 3.8) is 0 Å². The second-order valence-electron chi connectivity index (χ2n) is 4.54. The van der Waals surface area contributed by atoms with Crippen molar-refractivity contribution in [2.24, 2.45) is 11.5 Å². The van der Waals surface area contributed by atoms with Crippen molar-refractivity contribution in [2.45, 2.75) is 17.4 Å². The van der Waals surface area contributed by atoms with Crippen LogP contribution in [0.4, 0.5) is 4.39 Å². The molecule has 4 N–H and O–H groups in total. The van der Waals surface area contributed by atoms with Crippen LogP contribution in [0.5, 0.6) is 0 Å². The number of nitrogens with two attached hydrogens (primary N) is 2. The first kappa shape index (κ1) is 15.4. The number of halogens is 2. The largest absolute Gasteiger partial charge is 0.366 e. The maximum Gasteiger partial charge on any atom is 0.251 e. The zero-order valence-corrected chi connectivity index (χ0v) is 12.7. The number of primary amides is 1. The van der Waals surface area contributed by atoms with Gasteiger partial charge in [0.05, 0.1) is 10.5 Å². The van der Waals surface area contributed by atoms with E-state index >= 15 is 0 Å². The number of hydrogen-bond donors (Lipinski definition) is 2. The van der Waals surface area contributed by atoms with Crippen LogP contribution in [0.15, 0.2) is 21.5 Å². The molecule has 1 aromatic carbocycles. The molecule has 110 valence electrons. The lowest BCUT2D eigenvalue weighted by molar-refractivity contribution is 0.0996. The Morgan fingerprint density at radius 1 is 1.45 bits per heavy atom. The van der Waals surface area contributed by atoms with Gasteiger partial charge in [0, 0.05) is 23.6 Å². The molecule has 9 heteroatoms. The van der Waals surface area contributed by atoms with Crippen LogP contribution in [-0.2, 0) is 10.0 Å². The number of hydrogen-bond acceptors (Lipinski definition) is 4. The van der Waals surface area contributed by atoms with Crippen LogP contribution in [0.25, 0.3) is 0 Å². The number of nitrogens with zero attached hydrogens (tertiary/aromatic N) is 1. The number of benzene rings is 1. The number of amides is 1. The van der Waals surface area contributed by atoms with Crippen LogP contribution < -0.4 is 11.5 Å². The second kappa shape index (κ2) is 5.40. The highest BCUT2D eigenvalue weighted by atomic mass is 79.9. The van der Waals surface area contributed by atoms with Gasteiger partial charge in [-0.3, -0.25) is 4.79 Å². The van der Waals surface area contributed by atoms with Gasteiger partial charge >= 0.3 is 0 Å². The summed E-state index contributed by atoms with van der Waals surface area (Å²) in [6.45, 7) is 0.483. The Bertz CT molecular complexity index is 665. The average molecular weight is 366 g/mol. The molecule has 0 aromatic heterocycles. The lowest BCUT2D eigenvalue weighted by Gasteiger charge is -2.17. The van der Waals surface area contributed by atoms with Gasteiger partial charge in [-0.1, -0.05) is 0 Å². The maximum atomic E-state index is 13.5. The maximum absolute atomic E-state index is 13.5. The van der Waals surface area contributed by atoms with Crippen molar-refractivity contribution in [3.8, 4) is 0 Å². The van der Waals surface area contributed by atoms with E-state index in [9.17, 15) is 17.6 Å². The van der Waals surface area contributed by atoms with Crippen LogP contribution in [-0.4, -0.2) is 37.8 Å². The Morgan fingerprint density at radius 3 is 2.60 bits per heavy atom. The highest BCUT2D eigenvalue weighted by molar-refractivity contribution is 9.10. The number of carbonyl (C=O) groups is 1. The van der Waals surface area contributed by atoms with Crippen LogP contribution in [0.3, 0.4) is 0 Å². The standard InChI is InChI=1S/C11H13BrFN3O3S/c12-8-4-9(13)7(11(15)17)3-10(8)20(18,19)16-2-1-6(14)5-16/h3-4,6H,1-2,5,14H2,(H2,15,17)/t6-/m1/s1. The van der Waals surface area contributed by atoms with Gasteiger partial charge in [-0.25, -0.2) is 12.8 Å². The molecule has 1 aliphatic heterocycles. The predicted molar refractivity (Wildman–Crippen MR) is 74.0 cm³/mol. The summed E-state index contributed by atoms with van der Waals surface area (Å²) in [5, 5.41) is 0. The van der Waals surface area contributed by atoms with Gasteiger partial charge in [0.25, 0.3) is 5.91 Å². The Morgan fingerprint density at radius 2 is 2.10 bits per heavy atom. The zero-order chi connectivity index (χ0) is 15.1. The molecule has 1 fully saturated rings. The summed E-state index contributed by atoms with van der Waals surface area (Å²) in [7, 11) is -3.84. The van der Waals surface area contributed by atoms with E-state index in [1.807, 2.05) is 0 Å². The molecule has 6 nitrogen and oxygen atoms in total. The Kier molecular flexibility index (Phi) is 4.14. The number of sulfonamides is 1. The molecular weight excluding hydrogens is 353 g/mol. The lowest BCUT2D eigenvalue weighted by Crippen LogP contribution is -2.32. The minimum absolute atomic E-state index is 0.0421. The van der Waals surface area contributed by atoms with E-state index in [2.05, 4.69) is 15.9 Å². The van der Waals surface area contributed by atoms with Gasteiger partial charge in [-0.05, 0) is 34.5 Å². The molecule has 1 saturated heterocycles. The first-order chi connectivity index (χ1) is 9.23. The van der Waals surface area contributed by atoms with Gasteiger partial charge in [0.2, 0.25) is 10.0 Å². The third-order valence-electron chi connectivity index (χ3n) is 3.09. The van der Waals surface area contributed by atoms with Crippen LogP contribution in [0, 0.1) is 5.82 Å². The summed E-state index contributed by atoms with van der Waals surface area (Å²) in [5.74, 6) is -1.90. The molecule has 1 aromatic rings. The van der Waals surface area contributed by atoms with Crippen LogP contribution in [0.1, 0.15) is 16.8 Å². The normalized spacial score (nSPS) is 20.2. The molecule has 0 radical (unpaired) electrons. The quantitative estimate of drug-likeness (QED) is 0.808. The topological polar surface area (TPSA) is 106 Å². The minimum Gasteiger partial charge on any atom is -0.366 e. The molecule has 0 unspecified atom stereocenters. The number of rotatable bonds is 3. The molecule has 1 aliphatic rings. The molecule has 20 heavy (non-hydrogen) atoms. The minimum atomic E-state index is -3.84. The first-order valence-corrected chi connectivity index (χ1v) is 8.01. The summed E-state index contributed by atoms with van der Waals surface area (Å²) >= 11 is 3.00. The lowest BCUT2D eigenvalue weighted by atomic mass is 10.2. The average Bonchev–Trinajstić information content (AvgIpc) is 2.75. The third kappa shape index (κ3) is 2.71. The van der Waals surface area contributed by atoms with E-state index in [1.54, 1.807) is 0 Å². The van der Waals surface area contributed by atoms with Crippen molar-refractivity contribution < 1.29 is 17.6 Å². The molecule has 0 spiro atoms. The van der Waals surface area contributed by atoms with Crippen molar-refractivity contribution >= 4 is 31.9 Å².